The molecular weight excluding hydrogens is 314 g/mol. The van der Waals surface area contributed by atoms with E-state index < -0.39 is 0 Å². The number of nitrogens with one attached hydrogen (secondary N) is 1. The van der Waals surface area contributed by atoms with Crippen molar-refractivity contribution >= 4 is 11.6 Å². The molecule has 0 aliphatic carbocycles. The summed E-state index contributed by atoms with van der Waals surface area (Å²) in [4.78, 5) is 8.69. The largest absolute Gasteiger partial charge is 0.486 e. The predicted octanol–water partition coefficient (Wildman–Crippen LogP) is 3.37. The lowest BCUT2D eigenvalue weighted by atomic mass is 10.1. The first-order valence-electron chi connectivity index (χ1n) is 7.66. The third-order valence-electron chi connectivity index (χ3n) is 3.87. The van der Waals surface area contributed by atoms with Gasteiger partial charge in [0.05, 0.1) is 5.02 Å². The normalized spacial score (nSPS) is 14.6. The van der Waals surface area contributed by atoms with Crippen LogP contribution in [0.2, 0.25) is 5.02 Å². The number of fused-ring (bicyclic) bond motifs is 1. The van der Waals surface area contributed by atoms with Crippen LogP contribution in [0.4, 0.5) is 0 Å². The average molecular weight is 334 g/mol. The van der Waals surface area contributed by atoms with Crippen molar-refractivity contribution in [2.45, 2.75) is 33.4 Å². The fourth-order valence-electron chi connectivity index (χ4n) is 2.66. The van der Waals surface area contributed by atoms with Gasteiger partial charge < -0.3 is 14.8 Å². The van der Waals surface area contributed by atoms with Crippen molar-refractivity contribution in [3.05, 3.63) is 46.0 Å². The summed E-state index contributed by atoms with van der Waals surface area (Å²) < 4.78 is 11.1. The van der Waals surface area contributed by atoms with Gasteiger partial charge in [-0.05, 0) is 38.5 Å². The Bertz CT molecular complexity index is 721. The van der Waals surface area contributed by atoms with Gasteiger partial charge in [-0.1, -0.05) is 11.6 Å². The zero-order chi connectivity index (χ0) is 16.4. The van der Waals surface area contributed by atoms with Gasteiger partial charge in [0.1, 0.15) is 19.0 Å². The van der Waals surface area contributed by atoms with Gasteiger partial charge in [-0.15, -0.1) is 0 Å². The summed E-state index contributed by atoms with van der Waals surface area (Å²) in [6.07, 6.45) is 1.88. The molecule has 6 heteroatoms. The summed E-state index contributed by atoms with van der Waals surface area (Å²) in [7, 11) is 0. The minimum Gasteiger partial charge on any atom is -0.486 e. The van der Waals surface area contributed by atoms with E-state index in [4.69, 9.17) is 21.1 Å². The topological polar surface area (TPSA) is 56.3 Å². The maximum absolute atomic E-state index is 6.27. The molecule has 0 radical (unpaired) electrons. The first-order chi connectivity index (χ1) is 11.0. The summed E-state index contributed by atoms with van der Waals surface area (Å²) in [6, 6.07) is 4.02. The molecule has 0 fully saturated rings. The number of hydrogen-bond acceptors (Lipinski definition) is 5. The highest BCUT2D eigenvalue weighted by Gasteiger charge is 2.17. The lowest BCUT2D eigenvalue weighted by molar-refractivity contribution is 0.171. The molecule has 23 heavy (non-hydrogen) atoms. The Morgan fingerprint density at radius 2 is 2.04 bits per heavy atom. The van der Waals surface area contributed by atoms with Gasteiger partial charge in [-0.25, -0.2) is 9.97 Å². The van der Waals surface area contributed by atoms with Crippen molar-refractivity contribution < 1.29 is 9.47 Å². The number of benzene rings is 1. The molecule has 3 rings (SSSR count). The molecule has 1 aromatic heterocycles. The van der Waals surface area contributed by atoms with Crippen LogP contribution in [0.5, 0.6) is 11.5 Å². The molecule has 0 saturated heterocycles. The Morgan fingerprint density at radius 3 is 2.83 bits per heavy atom. The second kappa shape index (κ2) is 6.72. The van der Waals surface area contributed by atoms with Gasteiger partial charge in [0.15, 0.2) is 11.5 Å². The van der Waals surface area contributed by atoms with E-state index >= 15 is 0 Å². The molecule has 1 N–H and O–H groups in total. The number of halogens is 1. The van der Waals surface area contributed by atoms with E-state index in [0.717, 1.165) is 22.6 Å². The maximum Gasteiger partial charge on any atom is 0.179 e. The van der Waals surface area contributed by atoms with Gasteiger partial charge in [-0.3, -0.25) is 0 Å². The van der Waals surface area contributed by atoms with E-state index in [0.29, 0.717) is 36.3 Å². The molecule has 1 aliphatic rings. The Morgan fingerprint density at radius 1 is 1.26 bits per heavy atom. The summed E-state index contributed by atoms with van der Waals surface area (Å²) in [5.74, 6) is 2.14. The lowest BCUT2D eigenvalue weighted by Gasteiger charge is -2.21. The zero-order valence-corrected chi connectivity index (χ0v) is 14.3. The highest BCUT2D eigenvalue weighted by Crippen LogP contribution is 2.38. The van der Waals surface area contributed by atoms with Crippen molar-refractivity contribution in [3.63, 3.8) is 0 Å². The molecule has 0 unspecified atom stereocenters. The molecule has 0 saturated carbocycles. The molecule has 5 nitrogen and oxygen atoms in total. The minimum absolute atomic E-state index is 0.141. The van der Waals surface area contributed by atoms with Gasteiger partial charge in [0, 0.05) is 30.0 Å². The third-order valence-corrected chi connectivity index (χ3v) is 4.15. The van der Waals surface area contributed by atoms with Crippen LogP contribution in [0, 0.1) is 13.8 Å². The average Bonchev–Trinajstić information content (AvgIpc) is 2.53. The van der Waals surface area contributed by atoms with E-state index in [1.807, 2.05) is 32.2 Å². The van der Waals surface area contributed by atoms with Crippen molar-refractivity contribution in [3.8, 4) is 11.5 Å². The SMILES string of the molecule is Cc1ncc([C@@H](C)NCc2cc(Cl)c3c(c2)OCCO3)c(C)n1. The van der Waals surface area contributed by atoms with Gasteiger partial charge >= 0.3 is 0 Å². The Hall–Kier alpha value is -1.85. The number of nitrogens with zero attached hydrogens (tertiary/aromatic N) is 2. The second-order valence-corrected chi connectivity index (χ2v) is 6.07. The summed E-state index contributed by atoms with van der Waals surface area (Å²) >= 11 is 6.27. The fraction of sp³-hybridized carbons (Fsp3) is 0.412. The number of aromatic nitrogens is 2. The Labute approximate surface area is 141 Å². The summed E-state index contributed by atoms with van der Waals surface area (Å²) in [5, 5.41) is 4.06. The second-order valence-electron chi connectivity index (χ2n) is 5.66. The minimum atomic E-state index is 0.141. The van der Waals surface area contributed by atoms with E-state index in [9.17, 15) is 0 Å². The van der Waals surface area contributed by atoms with Gasteiger partial charge in [0.2, 0.25) is 0 Å². The molecular formula is C17H20ClN3O2. The molecule has 0 amide bonds. The van der Waals surface area contributed by atoms with Crippen LogP contribution in [0.15, 0.2) is 18.3 Å². The van der Waals surface area contributed by atoms with Crippen LogP contribution < -0.4 is 14.8 Å². The van der Waals surface area contributed by atoms with E-state index in [-0.39, 0.29) is 6.04 Å². The Kier molecular flexibility index (Phi) is 4.68. The van der Waals surface area contributed by atoms with Crippen LogP contribution in [0.25, 0.3) is 0 Å². The van der Waals surface area contributed by atoms with Crippen LogP contribution in [-0.4, -0.2) is 23.2 Å². The summed E-state index contributed by atoms with van der Waals surface area (Å²) in [6.45, 7) is 7.76. The predicted molar refractivity (Wildman–Crippen MR) is 89.2 cm³/mol. The highest BCUT2D eigenvalue weighted by molar-refractivity contribution is 6.32. The van der Waals surface area contributed by atoms with Crippen LogP contribution in [-0.2, 0) is 6.54 Å². The lowest BCUT2D eigenvalue weighted by Crippen LogP contribution is -2.20. The standard InChI is InChI=1S/C17H20ClN3O2/c1-10(14-9-20-12(3)21-11(14)2)19-8-13-6-15(18)17-16(7-13)22-4-5-23-17/h6-7,9-10,19H,4-5,8H2,1-3H3/t10-/m1/s1. The fourth-order valence-corrected chi connectivity index (χ4v) is 2.95. The van der Waals surface area contributed by atoms with Crippen molar-refractivity contribution in [2.75, 3.05) is 13.2 Å². The van der Waals surface area contributed by atoms with E-state index in [2.05, 4.69) is 22.2 Å². The van der Waals surface area contributed by atoms with Gasteiger partial charge in [-0.2, -0.15) is 0 Å². The number of ether oxygens (including phenoxy) is 2. The van der Waals surface area contributed by atoms with Crippen LogP contribution in [0.3, 0.4) is 0 Å². The summed E-state index contributed by atoms with van der Waals surface area (Å²) in [5.41, 5.74) is 3.15. The highest BCUT2D eigenvalue weighted by atomic mass is 35.5. The smallest absolute Gasteiger partial charge is 0.179 e. The zero-order valence-electron chi connectivity index (χ0n) is 13.5. The van der Waals surface area contributed by atoms with Crippen molar-refractivity contribution in [1.29, 1.82) is 0 Å². The Balaban J connectivity index is 1.71. The molecule has 2 heterocycles. The first kappa shape index (κ1) is 16.0. The van der Waals surface area contributed by atoms with Crippen LogP contribution in [0.1, 0.15) is 35.6 Å². The maximum atomic E-state index is 6.27. The molecule has 122 valence electrons. The monoisotopic (exact) mass is 333 g/mol. The molecule has 1 atom stereocenters. The number of rotatable bonds is 4. The van der Waals surface area contributed by atoms with Gasteiger partial charge in [0.25, 0.3) is 0 Å². The third kappa shape index (κ3) is 3.57. The molecule has 1 aliphatic heterocycles. The van der Waals surface area contributed by atoms with Crippen molar-refractivity contribution in [2.24, 2.45) is 0 Å². The quantitative estimate of drug-likeness (QED) is 0.929. The molecule has 0 spiro atoms. The first-order valence-corrected chi connectivity index (χ1v) is 8.04. The van der Waals surface area contributed by atoms with E-state index in [1.54, 1.807) is 0 Å². The number of aryl methyl sites for hydroxylation is 2. The molecule has 0 bridgehead atoms. The number of hydrogen-bond donors (Lipinski definition) is 1. The van der Waals surface area contributed by atoms with Crippen LogP contribution >= 0.6 is 11.6 Å². The molecule has 1 aromatic carbocycles. The van der Waals surface area contributed by atoms with E-state index in [1.165, 1.54) is 0 Å². The molecule has 2 aromatic rings. The van der Waals surface area contributed by atoms with Crippen molar-refractivity contribution in [1.82, 2.24) is 15.3 Å².